The number of aryl methyl sites for hydroxylation is 1. The molecule has 0 aliphatic rings. The highest BCUT2D eigenvalue weighted by Crippen LogP contribution is 2.18. The molecule has 0 aliphatic carbocycles. The third-order valence-electron chi connectivity index (χ3n) is 3.85. The van der Waals surface area contributed by atoms with Gasteiger partial charge in [0.25, 0.3) is 5.56 Å². The standard InChI is InChI=1S/C19H16BrN3O4/c1-11(19(25)26)27-17-6-4-3-5-13(17)10-21-23-12(2)22-16-8-7-14(20)9-15(16)18(23)24/h3-11H,1-2H3,(H,25,26)/t11-/m0/s1. The Kier molecular flexibility index (Phi) is 5.36. The summed E-state index contributed by atoms with van der Waals surface area (Å²) in [5.74, 6) is -0.278. The first-order chi connectivity index (χ1) is 12.9. The van der Waals surface area contributed by atoms with Gasteiger partial charge in [-0.15, -0.1) is 0 Å². The van der Waals surface area contributed by atoms with Crippen LogP contribution in [0, 0.1) is 6.92 Å². The fourth-order valence-electron chi connectivity index (χ4n) is 2.45. The molecule has 7 nitrogen and oxygen atoms in total. The summed E-state index contributed by atoms with van der Waals surface area (Å²) in [6.07, 6.45) is 0.438. The molecule has 3 rings (SSSR count). The molecule has 1 N–H and O–H groups in total. The molecule has 0 spiro atoms. The molecule has 138 valence electrons. The maximum atomic E-state index is 12.8. The molecular formula is C19H16BrN3O4. The number of para-hydroxylation sites is 1. The van der Waals surface area contributed by atoms with Crippen LogP contribution in [0.4, 0.5) is 0 Å². The Bertz CT molecular complexity index is 1110. The zero-order chi connectivity index (χ0) is 19.6. The molecule has 0 radical (unpaired) electrons. The van der Waals surface area contributed by atoms with Crippen LogP contribution in [-0.2, 0) is 4.79 Å². The molecule has 0 bridgehead atoms. The number of aliphatic carboxylic acids is 1. The third kappa shape index (κ3) is 4.06. The number of rotatable bonds is 5. The van der Waals surface area contributed by atoms with Gasteiger partial charge in [-0.25, -0.2) is 9.78 Å². The number of nitrogens with zero attached hydrogens (tertiary/aromatic N) is 3. The zero-order valence-electron chi connectivity index (χ0n) is 14.6. The highest BCUT2D eigenvalue weighted by atomic mass is 79.9. The number of fused-ring (bicyclic) bond motifs is 1. The van der Waals surface area contributed by atoms with Gasteiger partial charge in [0.2, 0.25) is 0 Å². The number of benzene rings is 2. The van der Waals surface area contributed by atoms with Gasteiger partial charge in [-0.3, -0.25) is 4.79 Å². The van der Waals surface area contributed by atoms with Crippen LogP contribution in [0.2, 0.25) is 0 Å². The zero-order valence-corrected chi connectivity index (χ0v) is 16.2. The molecule has 3 aromatic rings. The van der Waals surface area contributed by atoms with Crippen LogP contribution >= 0.6 is 15.9 Å². The van der Waals surface area contributed by atoms with Gasteiger partial charge >= 0.3 is 5.97 Å². The van der Waals surface area contributed by atoms with Gasteiger partial charge < -0.3 is 9.84 Å². The van der Waals surface area contributed by atoms with E-state index in [-0.39, 0.29) is 5.56 Å². The van der Waals surface area contributed by atoms with Crippen LogP contribution in [0.3, 0.4) is 0 Å². The van der Waals surface area contributed by atoms with Crippen molar-refractivity contribution in [2.75, 3.05) is 0 Å². The highest BCUT2D eigenvalue weighted by Gasteiger charge is 2.14. The number of carbonyl (C=O) groups is 1. The average molecular weight is 430 g/mol. The van der Waals surface area contributed by atoms with Crippen LogP contribution in [0.1, 0.15) is 18.3 Å². The molecule has 1 aromatic heterocycles. The topological polar surface area (TPSA) is 93.8 Å². The molecule has 8 heteroatoms. The number of halogens is 1. The van der Waals surface area contributed by atoms with Gasteiger partial charge in [0.1, 0.15) is 11.6 Å². The van der Waals surface area contributed by atoms with Crippen molar-refractivity contribution in [3.05, 3.63) is 68.7 Å². The SMILES string of the molecule is Cc1nc2ccc(Br)cc2c(=O)n1N=Cc1ccccc1O[C@@H](C)C(=O)O. The lowest BCUT2D eigenvalue weighted by Gasteiger charge is -2.12. The fourth-order valence-corrected chi connectivity index (χ4v) is 2.81. The second-order valence-corrected chi connectivity index (χ2v) is 6.73. The Morgan fingerprint density at radius 2 is 2.07 bits per heavy atom. The van der Waals surface area contributed by atoms with Gasteiger partial charge in [-0.2, -0.15) is 9.78 Å². The molecule has 1 heterocycles. The van der Waals surface area contributed by atoms with E-state index in [4.69, 9.17) is 9.84 Å². The number of carboxylic acids is 1. The number of hydrogen-bond acceptors (Lipinski definition) is 5. The highest BCUT2D eigenvalue weighted by molar-refractivity contribution is 9.10. The van der Waals surface area contributed by atoms with Gasteiger partial charge in [0, 0.05) is 10.0 Å². The molecule has 2 aromatic carbocycles. The maximum absolute atomic E-state index is 12.8. The molecule has 0 saturated carbocycles. The molecule has 1 atom stereocenters. The van der Waals surface area contributed by atoms with Crippen molar-refractivity contribution in [3.63, 3.8) is 0 Å². The first-order valence-electron chi connectivity index (χ1n) is 8.08. The van der Waals surface area contributed by atoms with Gasteiger partial charge in [0.15, 0.2) is 6.10 Å². The van der Waals surface area contributed by atoms with E-state index in [2.05, 4.69) is 26.0 Å². The largest absolute Gasteiger partial charge is 0.479 e. The minimum absolute atomic E-state index is 0.299. The number of carboxylic acid groups (broad SMARTS) is 1. The normalized spacial score (nSPS) is 12.4. The summed E-state index contributed by atoms with van der Waals surface area (Å²) >= 11 is 3.35. The van der Waals surface area contributed by atoms with E-state index in [1.165, 1.54) is 17.8 Å². The maximum Gasteiger partial charge on any atom is 0.344 e. The summed E-state index contributed by atoms with van der Waals surface area (Å²) in [7, 11) is 0. The van der Waals surface area contributed by atoms with Crippen molar-refractivity contribution in [3.8, 4) is 5.75 Å². The lowest BCUT2D eigenvalue weighted by atomic mass is 10.2. The van der Waals surface area contributed by atoms with Crippen LogP contribution in [0.5, 0.6) is 5.75 Å². The summed E-state index contributed by atoms with van der Waals surface area (Å²) in [6, 6.07) is 12.1. The van der Waals surface area contributed by atoms with E-state index in [0.717, 1.165) is 4.47 Å². The number of ether oxygens (including phenoxy) is 1. The van der Waals surface area contributed by atoms with E-state index < -0.39 is 12.1 Å². The third-order valence-corrected chi connectivity index (χ3v) is 4.35. The monoisotopic (exact) mass is 429 g/mol. The summed E-state index contributed by atoms with van der Waals surface area (Å²) in [4.78, 5) is 28.2. The van der Waals surface area contributed by atoms with Crippen molar-refractivity contribution in [2.45, 2.75) is 20.0 Å². The average Bonchev–Trinajstić information content (AvgIpc) is 2.63. The Hall–Kier alpha value is -3.00. The van der Waals surface area contributed by atoms with Gasteiger partial charge in [-0.05, 0) is 44.2 Å². The van der Waals surface area contributed by atoms with Crippen molar-refractivity contribution >= 4 is 39.0 Å². The lowest BCUT2D eigenvalue weighted by molar-refractivity contribution is -0.144. The van der Waals surface area contributed by atoms with Crippen molar-refractivity contribution in [1.29, 1.82) is 0 Å². The molecule has 27 heavy (non-hydrogen) atoms. The molecule has 0 fully saturated rings. The first kappa shape index (κ1) is 18.8. The summed E-state index contributed by atoms with van der Waals surface area (Å²) in [5, 5.41) is 13.7. The molecule has 0 saturated heterocycles. The Morgan fingerprint density at radius 3 is 2.81 bits per heavy atom. The molecule has 0 unspecified atom stereocenters. The number of aromatic nitrogens is 2. The Balaban J connectivity index is 2.02. The first-order valence-corrected chi connectivity index (χ1v) is 8.88. The van der Waals surface area contributed by atoms with Gasteiger partial charge in [0.05, 0.1) is 17.1 Å². The molecular weight excluding hydrogens is 414 g/mol. The van der Waals surface area contributed by atoms with E-state index >= 15 is 0 Å². The lowest BCUT2D eigenvalue weighted by Crippen LogP contribution is -2.23. The van der Waals surface area contributed by atoms with Gasteiger partial charge in [-0.1, -0.05) is 28.1 Å². The summed E-state index contributed by atoms with van der Waals surface area (Å²) in [5.41, 5.74) is 0.838. The minimum atomic E-state index is -1.07. The van der Waals surface area contributed by atoms with E-state index in [1.807, 2.05) is 6.07 Å². The summed E-state index contributed by atoms with van der Waals surface area (Å²) < 4.78 is 7.42. The van der Waals surface area contributed by atoms with Crippen molar-refractivity contribution < 1.29 is 14.6 Å². The smallest absolute Gasteiger partial charge is 0.344 e. The van der Waals surface area contributed by atoms with Crippen molar-refractivity contribution in [1.82, 2.24) is 9.66 Å². The van der Waals surface area contributed by atoms with Crippen LogP contribution in [-0.4, -0.2) is 33.1 Å². The second-order valence-electron chi connectivity index (χ2n) is 5.82. The van der Waals surface area contributed by atoms with Crippen LogP contribution in [0.25, 0.3) is 10.9 Å². The quantitative estimate of drug-likeness (QED) is 0.628. The predicted molar refractivity (Wildman–Crippen MR) is 106 cm³/mol. The molecule has 0 aliphatic heterocycles. The fraction of sp³-hybridized carbons (Fsp3) is 0.158. The Morgan fingerprint density at radius 1 is 1.33 bits per heavy atom. The Labute approximate surface area is 163 Å². The van der Waals surface area contributed by atoms with E-state index in [9.17, 15) is 9.59 Å². The molecule has 0 amide bonds. The van der Waals surface area contributed by atoms with Crippen LogP contribution in [0.15, 0.2) is 56.8 Å². The predicted octanol–water partition coefficient (Wildman–Crippen LogP) is 3.20. The number of hydrogen-bond donors (Lipinski definition) is 1. The van der Waals surface area contributed by atoms with Crippen molar-refractivity contribution in [2.24, 2.45) is 5.10 Å². The minimum Gasteiger partial charge on any atom is -0.479 e. The second kappa shape index (κ2) is 7.71. The van der Waals surface area contributed by atoms with E-state index in [0.29, 0.717) is 28.0 Å². The van der Waals surface area contributed by atoms with Crippen LogP contribution < -0.4 is 10.3 Å². The summed E-state index contributed by atoms with van der Waals surface area (Å²) in [6.45, 7) is 3.13. The van der Waals surface area contributed by atoms with E-state index in [1.54, 1.807) is 43.3 Å².